The molecule has 1 rings (SSSR count). The van der Waals surface area contributed by atoms with Crippen LogP contribution in [0.3, 0.4) is 0 Å². The molecule has 54 valence electrons. The molecule has 0 spiro atoms. The number of hydrogen-bond acceptors (Lipinski definition) is 1. The molecule has 0 aromatic carbocycles. The molecule has 0 aliphatic heterocycles. The van der Waals surface area contributed by atoms with Crippen molar-refractivity contribution in [2.45, 2.75) is 11.8 Å². The molecular weight excluding hydrogens is 192 g/mol. The quantitative estimate of drug-likeness (QED) is 0.670. The fourth-order valence-corrected chi connectivity index (χ4v) is 0.941. The normalized spacial score (nSPS) is 13.0. The van der Waals surface area contributed by atoms with E-state index in [2.05, 4.69) is 22.5 Å². The van der Waals surface area contributed by atoms with Gasteiger partial charge in [-0.25, -0.2) is 0 Å². The number of halogens is 1. The van der Waals surface area contributed by atoms with Crippen molar-refractivity contribution in [3.05, 3.63) is 30.7 Å². The Morgan fingerprint density at radius 1 is 1.80 bits per heavy atom. The zero-order valence-corrected chi connectivity index (χ0v) is 7.39. The SMILES string of the molecule is C=C(c1ccoc1)C(C)Br. The molecule has 0 aliphatic rings. The molecule has 1 atom stereocenters. The molecule has 1 aromatic heterocycles. The third kappa shape index (κ3) is 1.51. The van der Waals surface area contributed by atoms with Crippen LogP contribution in [0.25, 0.3) is 5.57 Å². The number of allylic oxidation sites excluding steroid dienone is 1. The molecule has 1 aromatic rings. The van der Waals surface area contributed by atoms with Gasteiger partial charge in [0.1, 0.15) is 0 Å². The van der Waals surface area contributed by atoms with Gasteiger partial charge in [-0.1, -0.05) is 22.5 Å². The molecule has 0 amide bonds. The van der Waals surface area contributed by atoms with Gasteiger partial charge in [0.05, 0.1) is 12.5 Å². The summed E-state index contributed by atoms with van der Waals surface area (Å²) in [6, 6.07) is 1.90. The lowest BCUT2D eigenvalue weighted by Gasteiger charge is -2.02. The van der Waals surface area contributed by atoms with Crippen LogP contribution < -0.4 is 0 Å². The van der Waals surface area contributed by atoms with Gasteiger partial charge in [0.25, 0.3) is 0 Å². The van der Waals surface area contributed by atoms with Crippen LogP contribution in [0, 0.1) is 0 Å². The van der Waals surface area contributed by atoms with Crippen molar-refractivity contribution in [3.63, 3.8) is 0 Å². The summed E-state index contributed by atoms with van der Waals surface area (Å²) in [6.07, 6.45) is 3.34. The van der Waals surface area contributed by atoms with Crippen molar-refractivity contribution in [2.75, 3.05) is 0 Å². The van der Waals surface area contributed by atoms with E-state index in [1.807, 2.05) is 13.0 Å². The van der Waals surface area contributed by atoms with Crippen molar-refractivity contribution in [2.24, 2.45) is 0 Å². The highest BCUT2D eigenvalue weighted by molar-refractivity contribution is 9.09. The minimum atomic E-state index is 0.310. The Morgan fingerprint density at radius 2 is 2.50 bits per heavy atom. The monoisotopic (exact) mass is 200 g/mol. The Balaban J connectivity index is 2.78. The summed E-state index contributed by atoms with van der Waals surface area (Å²) in [5, 5.41) is 0. The highest BCUT2D eigenvalue weighted by atomic mass is 79.9. The average Bonchev–Trinajstić information content (AvgIpc) is 2.36. The molecule has 1 heterocycles. The van der Waals surface area contributed by atoms with Gasteiger partial charge in [-0.3, -0.25) is 0 Å². The van der Waals surface area contributed by atoms with Crippen molar-refractivity contribution in [1.29, 1.82) is 0 Å². The summed E-state index contributed by atoms with van der Waals surface area (Å²) in [6.45, 7) is 5.93. The van der Waals surface area contributed by atoms with Crippen molar-refractivity contribution in [3.8, 4) is 0 Å². The lowest BCUT2D eigenvalue weighted by Crippen LogP contribution is -1.91. The molecule has 0 bridgehead atoms. The maximum Gasteiger partial charge on any atom is 0.0977 e. The van der Waals surface area contributed by atoms with Crippen LogP contribution in [0.15, 0.2) is 29.6 Å². The fraction of sp³-hybridized carbons (Fsp3) is 0.250. The molecule has 0 radical (unpaired) electrons. The second kappa shape index (κ2) is 3.06. The van der Waals surface area contributed by atoms with E-state index >= 15 is 0 Å². The molecule has 1 unspecified atom stereocenters. The number of hydrogen-bond donors (Lipinski definition) is 0. The molecule has 0 aliphatic carbocycles. The van der Waals surface area contributed by atoms with Gasteiger partial charge in [0.15, 0.2) is 0 Å². The minimum Gasteiger partial charge on any atom is -0.472 e. The summed E-state index contributed by atoms with van der Waals surface area (Å²) < 4.78 is 4.90. The van der Waals surface area contributed by atoms with Crippen LogP contribution in [-0.4, -0.2) is 4.83 Å². The van der Waals surface area contributed by atoms with Crippen molar-refractivity contribution in [1.82, 2.24) is 0 Å². The van der Waals surface area contributed by atoms with E-state index in [0.29, 0.717) is 4.83 Å². The lowest BCUT2D eigenvalue weighted by molar-refractivity contribution is 0.566. The third-order valence-electron chi connectivity index (χ3n) is 1.37. The van der Waals surface area contributed by atoms with E-state index in [9.17, 15) is 0 Å². The zero-order chi connectivity index (χ0) is 7.56. The Hall–Kier alpha value is -0.500. The summed E-state index contributed by atoms with van der Waals surface area (Å²) >= 11 is 3.42. The first-order valence-corrected chi connectivity index (χ1v) is 3.99. The maximum atomic E-state index is 4.90. The molecule has 0 saturated carbocycles. The van der Waals surface area contributed by atoms with Gasteiger partial charge < -0.3 is 4.42 Å². The zero-order valence-electron chi connectivity index (χ0n) is 5.80. The molecule has 2 heteroatoms. The molecular formula is C8H9BrO. The first-order valence-electron chi connectivity index (χ1n) is 3.07. The van der Waals surface area contributed by atoms with E-state index in [4.69, 9.17) is 4.42 Å². The summed E-state index contributed by atoms with van der Waals surface area (Å²) in [4.78, 5) is 0.310. The Morgan fingerprint density at radius 3 is 2.90 bits per heavy atom. The van der Waals surface area contributed by atoms with Gasteiger partial charge in [-0.05, 0) is 18.6 Å². The van der Waals surface area contributed by atoms with Crippen LogP contribution in [0.4, 0.5) is 0 Å². The first-order chi connectivity index (χ1) is 4.72. The van der Waals surface area contributed by atoms with E-state index in [1.165, 1.54) is 0 Å². The Labute approximate surface area is 68.9 Å². The predicted octanol–water partition coefficient (Wildman–Crippen LogP) is 3.08. The number of furan rings is 1. The maximum absolute atomic E-state index is 4.90. The van der Waals surface area contributed by atoms with E-state index in [1.54, 1.807) is 12.5 Å². The van der Waals surface area contributed by atoms with Crippen molar-refractivity contribution >= 4 is 21.5 Å². The topological polar surface area (TPSA) is 13.1 Å². The molecule has 1 nitrogen and oxygen atoms in total. The second-order valence-corrected chi connectivity index (χ2v) is 3.53. The van der Waals surface area contributed by atoms with Crippen LogP contribution in [0.1, 0.15) is 12.5 Å². The second-order valence-electron chi connectivity index (χ2n) is 2.15. The third-order valence-corrected chi connectivity index (χ3v) is 1.92. The van der Waals surface area contributed by atoms with Crippen LogP contribution in [0.2, 0.25) is 0 Å². The molecule has 0 N–H and O–H groups in total. The van der Waals surface area contributed by atoms with Crippen LogP contribution >= 0.6 is 15.9 Å². The van der Waals surface area contributed by atoms with Gasteiger partial charge in [-0.2, -0.15) is 0 Å². The molecule has 10 heavy (non-hydrogen) atoms. The van der Waals surface area contributed by atoms with Gasteiger partial charge in [-0.15, -0.1) is 0 Å². The van der Waals surface area contributed by atoms with E-state index < -0.39 is 0 Å². The molecule has 0 fully saturated rings. The number of alkyl halides is 1. The van der Waals surface area contributed by atoms with Gasteiger partial charge in [0, 0.05) is 10.4 Å². The highest BCUT2D eigenvalue weighted by Crippen LogP contribution is 2.21. The van der Waals surface area contributed by atoms with Crippen LogP contribution in [0.5, 0.6) is 0 Å². The smallest absolute Gasteiger partial charge is 0.0977 e. The lowest BCUT2D eigenvalue weighted by atomic mass is 10.1. The summed E-state index contributed by atoms with van der Waals surface area (Å²) in [5.41, 5.74) is 2.11. The van der Waals surface area contributed by atoms with E-state index in [-0.39, 0.29) is 0 Å². The summed E-state index contributed by atoms with van der Waals surface area (Å²) in [5.74, 6) is 0. The van der Waals surface area contributed by atoms with Crippen LogP contribution in [-0.2, 0) is 0 Å². The standard InChI is InChI=1S/C8H9BrO/c1-6(7(2)9)8-3-4-10-5-8/h3-5,7H,1H2,2H3. The fourth-order valence-electron chi connectivity index (χ4n) is 0.677. The predicted molar refractivity (Wildman–Crippen MR) is 46.1 cm³/mol. The van der Waals surface area contributed by atoms with Crippen molar-refractivity contribution < 1.29 is 4.42 Å². The first kappa shape index (κ1) is 7.61. The average molecular weight is 201 g/mol. The van der Waals surface area contributed by atoms with Gasteiger partial charge in [0.2, 0.25) is 0 Å². The van der Waals surface area contributed by atoms with Gasteiger partial charge >= 0.3 is 0 Å². The minimum absolute atomic E-state index is 0.310. The Bertz CT molecular complexity index is 211. The Kier molecular flexibility index (Phi) is 2.33. The summed E-state index contributed by atoms with van der Waals surface area (Å²) in [7, 11) is 0. The van der Waals surface area contributed by atoms with E-state index in [0.717, 1.165) is 11.1 Å². The number of rotatable bonds is 2. The molecule has 0 saturated heterocycles. The largest absolute Gasteiger partial charge is 0.472 e. The highest BCUT2D eigenvalue weighted by Gasteiger charge is 2.04.